The molecule has 144 valence electrons. The Morgan fingerprint density at radius 1 is 0.828 bits per heavy atom. The van der Waals surface area contributed by atoms with Crippen LogP contribution in [0.25, 0.3) is 11.3 Å². The van der Waals surface area contributed by atoms with Gasteiger partial charge in [0.05, 0.1) is 5.69 Å². The summed E-state index contributed by atoms with van der Waals surface area (Å²) in [6.45, 7) is 4.86. The molecule has 5 nitrogen and oxygen atoms in total. The van der Waals surface area contributed by atoms with Gasteiger partial charge in [0.1, 0.15) is 5.82 Å². The van der Waals surface area contributed by atoms with Gasteiger partial charge in [0, 0.05) is 36.3 Å². The van der Waals surface area contributed by atoms with Crippen molar-refractivity contribution in [2.45, 2.75) is 20.4 Å². The van der Waals surface area contributed by atoms with Gasteiger partial charge in [-0.05, 0) is 48.7 Å². The molecular weight excluding hydrogens is 358 g/mol. The number of aryl methyl sites for hydroxylation is 1. The number of benzene rings is 2. The number of nitrogens with one attached hydrogen (secondary N) is 2. The molecule has 2 N–H and O–H groups in total. The summed E-state index contributed by atoms with van der Waals surface area (Å²) in [5.41, 5.74) is 6.48. The summed E-state index contributed by atoms with van der Waals surface area (Å²) in [6, 6.07) is 22.3. The van der Waals surface area contributed by atoms with Gasteiger partial charge < -0.3 is 10.6 Å². The van der Waals surface area contributed by atoms with E-state index >= 15 is 0 Å². The zero-order valence-corrected chi connectivity index (χ0v) is 16.6. The molecule has 0 amide bonds. The molecular formula is C24H23N5. The van der Waals surface area contributed by atoms with E-state index in [1.54, 1.807) is 12.4 Å². The van der Waals surface area contributed by atoms with E-state index in [0.29, 0.717) is 12.5 Å². The average Bonchev–Trinajstić information content (AvgIpc) is 2.77. The van der Waals surface area contributed by atoms with Gasteiger partial charge >= 0.3 is 0 Å². The molecule has 5 heteroatoms. The van der Waals surface area contributed by atoms with Crippen molar-refractivity contribution in [1.82, 2.24) is 15.0 Å². The molecule has 0 atom stereocenters. The van der Waals surface area contributed by atoms with Crippen molar-refractivity contribution in [2.75, 3.05) is 10.6 Å². The van der Waals surface area contributed by atoms with Crippen molar-refractivity contribution < 1.29 is 0 Å². The zero-order chi connectivity index (χ0) is 20.1. The highest BCUT2D eigenvalue weighted by Crippen LogP contribution is 2.25. The highest BCUT2D eigenvalue weighted by Gasteiger charge is 2.09. The lowest BCUT2D eigenvalue weighted by Crippen LogP contribution is -2.06. The first-order valence-electron chi connectivity index (χ1n) is 9.59. The molecule has 4 rings (SSSR count). The first-order valence-corrected chi connectivity index (χ1v) is 9.59. The van der Waals surface area contributed by atoms with Gasteiger partial charge in [-0.3, -0.25) is 4.98 Å². The van der Waals surface area contributed by atoms with Gasteiger partial charge in [0.15, 0.2) is 0 Å². The molecule has 0 radical (unpaired) electrons. The molecule has 2 heterocycles. The molecule has 0 unspecified atom stereocenters. The van der Waals surface area contributed by atoms with Gasteiger partial charge in [-0.1, -0.05) is 42.5 Å². The van der Waals surface area contributed by atoms with Crippen molar-refractivity contribution in [3.63, 3.8) is 0 Å². The Labute approximate surface area is 170 Å². The van der Waals surface area contributed by atoms with Crippen LogP contribution in [0.2, 0.25) is 0 Å². The summed E-state index contributed by atoms with van der Waals surface area (Å²) in [5.74, 6) is 1.33. The Kier molecular flexibility index (Phi) is 5.47. The minimum Gasteiger partial charge on any atom is -0.366 e. The van der Waals surface area contributed by atoms with E-state index in [2.05, 4.69) is 47.7 Å². The molecule has 0 aliphatic heterocycles. The van der Waals surface area contributed by atoms with Crippen molar-refractivity contribution in [3.05, 3.63) is 95.8 Å². The maximum atomic E-state index is 4.75. The van der Waals surface area contributed by atoms with Crippen LogP contribution in [0.1, 0.15) is 16.7 Å². The van der Waals surface area contributed by atoms with Crippen LogP contribution in [0.15, 0.2) is 79.1 Å². The molecule has 29 heavy (non-hydrogen) atoms. The first kappa shape index (κ1) is 18.6. The molecule has 0 fully saturated rings. The second-order valence-corrected chi connectivity index (χ2v) is 6.91. The summed E-state index contributed by atoms with van der Waals surface area (Å²) in [7, 11) is 0. The van der Waals surface area contributed by atoms with Gasteiger partial charge in [-0.2, -0.15) is 4.98 Å². The van der Waals surface area contributed by atoms with Crippen LogP contribution in [0.5, 0.6) is 0 Å². The third-order valence-corrected chi connectivity index (χ3v) is 4.87. The Hall–Kier alpha value is -3.73. The monoisotopic (exact) mass is 381 g/mol. The largest absolute Gasteiger partial charge is 0.366 e. The molecule has 0 bridgehead atoms. The summed E-state index contributed by atoms with van der Waals surface area (Å²) >= 11 is 0. The summed E-state index contributed by atoms with van der Waals surface area (Å²) < 4.78 is 0. The number of hydrogen-bond acceptors (Lipinski definition) is 5. The van der Waals surface area contributed by atoms with Crippen LogP contribution < -0.4 is 10.6 Å². The van der Waals surface area contributed by atoms with E-state index in [1.165, 1.54) is 11.1 Å². The molecule has 2 aromatic carbocycles. The Morgan fingerprint density at radius 2 is 1.62 bits per heavy atom. The second-order valence-electron chi connectivity index (χ2n) is 6.91. The Balaban J connectivity index is 1.67. The molecule has 0 aliphatic carbocycles. The highest BCUT2D eigenvalue weighted by atomic mass is 15.1. The number of rotatable bonds is 6. The number of anilines is 3. The predicted molar refractivity (Wildman–Crippen MR) is 118 cm³/mol. The molecule has 0 saturated heterocycles. The van der Waals surface area contributed by atoms with E-state index in [1.807, 2.05) is 48.5 Å². The lowest BCUT2D eigenvalue weighted by atomic mass is 10.1. The lowest BCUT2D eigenvalue weighted by molar-refractivity contribution is 1.08. The van der Waals surface area contributed by atoms with Crippen LogP contribution in [-0.2, 0) is 6.54 Å². The summed E-state index contributed by atoms with van der Waals surface area (Å²) in [6.07, 6.45) is 3.58. The molecule has 2 aromatic heterocycles. The molecule has 0 aliphatic rings. The smallest absolute Gasteiger partial charge is 0.229 e. The summed E-state index contributed by atoms with van der Waals surface area (Å²) in [4.78, 5) is 13.5. The maximum Gasteiger partial charge on any atom is 0.229 e. The van der Waals surface area contributed by atoms with E-state index < -0.39 is 0 Å². The minimum atomic E-state index is 0.567. The quantitative estimate of drug-likeness (QED) is 0.461. The lowest BCUT2D eigenvalue weighted by Gasteiger charge is -2.13. The fourth-order valence-corrected chi connectivity index (χ4v) is 3.05. The van der Waals surface area contributed by atoms with Gasteiger partial charge in [0.2, 0.25) is 5.95 Å². The fourth-order valence-electron chi connectivity index (χ4n) is 3.05. The van der Waals surface area contributed by atoms with Crippen LogP contribution in [0, 0.1) is 13.8 Å². The van der Waals surface area contributed by atoms with E-state index in [0.717, 1.165) is 28.3 Å². The fraction of sp³-hybridized carbons (Fsp3) is 0.125. The van der Waals surface area contributed by atoms with Crippen molar-refractivity contribution in [3.8, 4) is 11.3 Å². The number of nitrogens with zero attached hydrogens (tertiary/aromatic N) is 3. The normalized spacial score (nSPS) is 10.6. The van der Waals surface area contributed by atoms with Crippen LogP contribution in [-0.4, -0.2) is 15.0 Å². The molecule has 4 aromatic rings. The van der Waals surface area contributed by atoms with Gasteiger partial charge in [-0.25, -0.2) is 4.98 Å². The topological polar surface area (TPSA) is 62.7 Å². The third-order valence-electron chi connectivity index (χ3n) is 4.87. The Morgan fingerprint density at radius 3 is 2.41 bits per heavy atom. The van der Waals surface area contributed by atoms with E-state index in [9.17, 15) is 0 Å². The average molecular weight is 381 g/mol. The number of aromatic nitrogens is 3. The molecule has 0 saturated carbocycles. The number of pyridine rings is 1. The van der Waals surface area contributed by atoms with Crippen LogP contribution >= 0.6 is 0 Å². The molecule has 0 spiro atoms. The van der Waals surface area contributed by atoms with Crippen LogP contribution in [0.4, 0.5) is 17.5 Å². The third kappa shape index (κ3) is 4.58. The number of hydrogen-bond donors (Lipinski definition) is 2. The Bertz CT molecular complexity index is 1090. The maximum absolute atomic E-state index is 4.75. The zero-order valence-electron chi connectivity index (χ0n) is 16.6. The van der Waals surface area contributed by atoms with Crippen LogP contribution in [0.3, 0.4) is 0 Å². The minimum absolute atomic E-state index is 0.567. The van der Waals surface area contributed by atoms with Crippen molar-refractivity contribution in [2.24, 2.45) is 0 Å². The SMILES string of the molecule is Cc1cccc(Nc2nc(NCc3ccncc3)cc(-c3ccccc3)n2)c1C. The summed E-state index contributed by atoms with van der Waals surface area (Å²) in [5, 5.41) is 6.79. The second kappa shape index (κ2) is 8.52. The van der Waals surface area contributed by atoms with E-state index in [-0.39, 0.29) is 0 Å². The standard InChI is InChI=1S/C24H23N5/c1-17-7-6-10-21(18(17)2)27-24-28-22(20-8-4-3-5-9-20)15-23(29-24)26-16-19-11-13-25-14-12-19/h3-15H,16H2,1-2H3,(H2,26,27,28,29). The highest BCUT2D eigenvalue weighted by molar-refractivity contribution is 5.67. The van der Waals surface area contributed by atoms with Crippen molar-refractivity contribution >= 4 is 17.5 Å². The van der Waals surface area contributed by atoms with Crippen molar-refractivity contribution in [1.29, 1.82) is 0 Å². The first-order chi connectivity index (χ1) is 14.2. The van der Waals surface area contributed by atoms with Gasteiger partial charge in [0.25, 0.3) is 0 Å². The predicted octanol–water partition coefficient (Wildman–Crippen LogP) is 5.51. The van der Waals surface area contributed by atoms with Gasteiger partial charge in [-0.15, -0.1) is 0 Å². The van der Waals surface area contributed by atoms with E-state index in [4.69, 9.17) is 9.97 Å².